The van der Waals surface area contributed by atoms with Gasteiger partial charge in [0.1, 0.15) is 34.5 Å². The zero-order valence-corrected chi connectivity index (χ0v) is 25.4. The van der Waals surface area contributed by atoms with Crippen molar-refractivity contribution in [3.63, 3.8) is 0 Å². The lowest BCUT2D eigenvalue weighted by atomic mass is 9.99. The van der Waals surface area contributed by atoms with Crippen molar-refractivity contribution >= 4 is 29.2 Å². The zero-order chi connectivity index (χ0) is 32.0. The van der Waals surface area contributed by atoms with Gasteiger partial charge in [-0.3, -0.25) is 9.69 Å². The molecule has 0 saturated carbocycles. The van der Waals surface area contributed by atoms with Crippen molar-refractivity contribution < 1.29 is 32.6 Å². The summed E-state index contributed by atoms with van der Waals surface area (Å²) in [6.07, 6.45) is 0.107. The van der Waals surface area contributed by atoms with Gasteiger partial charge in [-0.15, -0.1) is 0 Å². The van der Waals surface area contributed by atoms with E-state index in [4.69, 9.17) is 14.2 Å². The molecule has 4 aromatic rings. The Hall–Kier alpha value is -5.26. The molecule has 0 fully saturated rings. The minimum atomic E-state index is -0.835. The predicted molar refractivity (Wildman–Crippen MR) is 163 cm³/mol. The third kappa shape index (κ3) is 5.26. The van der Waals surface area contributed by atoms with Crippen LogP contribution in [-0.4, -0.2) is 53.7 Å². The van der Waals surface area contributed by atoms with E-state index in [1.165, 1.54) is 20.3 Å². The first-order valence-electron chi connectivity index (χ1n) is 14.2. The Labute approximate surface area is 258 Å². The fraction of sp³-hybridized carbons (Fsp3) is 0.273. The van der Waals surface area contributed by atoms with E-state index in [9.17, 15) is 18.4 Å². The smallest absolute Gasteiger partial charge is 0.414 e. The SMILES string of the molecule is COC(=O)N1c2cc(Nc3nc(-c4c(F)cccc4F)nc4c3C(=O)N(Cc3ccc(OC)cc3OC)C4)ccc2CC1(C)C. The molecule has 1 N–H and O–H groups in total. The highest BCUT2D eigenvalue weighted by Gasteiger charge is 2.41. The molecule has 1 aromatic heterocycles. The van der Waals surface area contributed by atoms with E-state index in [0.29, 0.717) is 35.0 Å². The van der Waals surface area contributed by atoms with Crippen molar-refractivity contribution in [2.24, 2.45) is 0 Å². The molecule has 3 aromatic carbocycles. The second kappa shape index (κ2) is 11.3. The monoisotopic (exact) mass is 615 g/mol. The molecule has 232 valence electrons. The van der Waals surface area contributed by atoms with Gasteiger partial charge in [-0.1, -0.05) is 12.1 Å². The molecule has 0 atom stereocenters. The number of methoxy groups -OCH3 is 3. The van der Waals surface area contributed by atoms with Gasteiger partial charge in [0, 0.05) is 22.9 Å². The van der Waals surface area contributed by atoms with Gasteiger partial charge >= 0.3 is 6.09 Å². The molecule has 10 nitrogen and oxygen atoms in total. The summed E-state index contributed by atoms with van der Waals surface area (Å²) in [4.78, 5) is 38.7. The van der Waals surface area contributed by atoms with E-state index < -0.39 is 28.8 Å². The summed E-state index contributed by atoms with van der Waals surface area (Å²) in [5.41, 5.74) is 2.36. The minimum absolute atomic E-state index is 0.0676. The van der Waals surface area contributed by atoms with Gasteiger partial charge in [-0.2, -0.15) is 0 Å². The number of carbonyl (C=O) groups excluding carboxylic acids is 2. The zero-order valence-electron chi connectivity index (χ0n) is 25.4. The number of aromatic nitrogens is 2. The lowest BCUT2D eigenvalue weighted by Crippen LogP contribution is -2.45. The van der Waals surface area contributed by atoms with Gasteiger partial charge in [0.2, 0.25) is 0 Å². The van der Waals surface area contributed by atoms with Crippen LogP contribution in [0.2, 0.25) is 0 Å². The maximum atomic E-state index is 14.9. The number of hydrogen-bond donors (Lipinski definition) is 1. The largest absolute Gasteiger partial charge is 0.497 e. The van der Waals surface area contributed by atoms with Crippen LogP contribution in [0, 0.1) is 11.6 Å². The molecule has 0 aliphatic carbocycles. The molecule has 0 bridgehead atoms. The number of carbonyl (C=O) groups is 2. The summed E-state index contributed by atoms with van der Waals surface area (Å²) in [7, 11) is 4.40. The first-order chi connectivity index (χ1) is 21.5. The lowest BCUT2D eigenvalue weighted by Gasteiger charge is -2.30. The Balaban J connectivity index is 1.42. The van der Waals surface area contributed by atoms with Crippen LogP contribution in [0.1, 0.15) is 41.0 Å². The average Bonchev–Trinajstić information content (AvgIpc) is 3.47. The molecule has 3 heterocycles. The third-order valence-corrected chi connectivity index (χ3v) is 8.04. The van der Waals surface area contributed by atoms with E-state index in [-0.39, 0.29) is 36.2 Å². The predicted octanol–water partition coefficient (Wildman–Crippen LogP) is 6.25. The van der Waals surface area contributed by atoms with Gasteiger partial charge in [0.15, 0.2) is 5.82 Å². The minimum Gasteiger partial charge on any atom is -0.497 e. The summed E-state index contributed by atoms with van der Waals surface area (Å²) in [6, 6.07) is 14.2. The van der Waals surface area contributed by atoms with Gasteiger partial charge in [0.05, 0.1) is 51.4 Å². The first-order valence-corrected chi connectivity index (χ1v) is 14.2. The molecule has 6 rings (SSSR count). The highest BCUT2D eigenvalue weighted by atomic mass is 19.1. The fourth-order valence-corrected chi connectivity index (χ4v) is 5.93. The number of nitrogens with zero attached hydrogens (tertiary/aromatic N) is 4. The molecular formula is C33H31F2N5O5. The second-order valence-electron chi connectivity index (χ2n) is 11.4. The molecule has 0 radical (unpaired) electrons. The number of benzene rings is 3. The van der Waals surface area contributed by atoms with E-state index in [1.54, 1.807) is 47.2 Å². The van der Waals surface area contributed by atoms with Crippen LogP contribution in [0.15, 0.2) is 54.6 Å². The summed E-state index contributed by atoms with van der Waals surface area (Å²) in [5, 5.41) is 3.18. The van der Waals surface area contributed by atoms with Crippen LogP contribution >= 0.6 is 0 Å². The number of rotatable bonds is 7. The average molecular weight is 616 g/mol. The first kappa shape index (κ1) is 29.8. The van der Waals surface area contributed by atoms with E-state index in [0.717, 1.165) is 23.3 Å². The number of nitrogens with one attached hydrogen (secondary N) is 1. The maximum absolute atomic E-state index is 14.9. The molecule has 2 aliphatic rings. The number of anilines is 3. The molecule has 12 heteroatoms. The van der Waals surface area contributed by atoms with Gasteiger partial charge in [-0.25, -0.2) is 23.5 Å². The summed E-state index contributed by atoms with van der Waals surface area (Å²) in [6.45, 7) is 4.12. The Morgan fingerprint density at radius 2 is 1.73 bits per heavy atom. The Morgan fingerprint density at radius 1 is 0.978 bits per heavy atom. The number of fused-ring (bicyclic) bond motifs is 2. The van der Waals surface area contributed by atoms with Crippen molar-refractivity contribution in [2.75, 3.05) is 31.5 Å². The molecule has 2 aliphatic heterocycles. The van der Waals surface area contributed by atoms with Crippen LogP contribution in [0.5, 0.6) is 11.5 Å². The molecule has 0 unspecified atom stereocenters. The second-order valence-corrected chi connectivity index (χ2v) is 11.4. The standard InChI is InChI=1S/C33H31F2N5O5/c1-33(2)15-18-9-11-20(13-25(18)40(33)32(42)45-5)36-30-28-24(37-29(38-30)27-22(34)7-6-8-23(27)35)17-39(31(28)41)16-19-10-12-21(43-3)14-26(19)44-4/h6-14H,15-17H2,1-5H3,(H,36,37,38). The van der Waals surface area contributed by atoms with Crippen LogP contribution in [0.3, 0.4) is 0 Å². The Bertz CT molecular complexity index is 1830. The van der Waals surface area contributed by atoms with Crippen LogP contribution in [0.4, 0.5) is 30.8 Å². The van der Waals surface area contributed by atoms with E-state index >= 15 is 0 Å². The topological polar surface area (TPSA) is 106 Å². The third-order valence-electron chi connectivity index (χ3n) is 8.04. The molecular weight excluding hydrogens is 584 g/mol. The van der Waals surface area contributed by atoms with Crippen LogP contribution in [0.25, 0.3) is 11.4 Å². The van der Waals surface area contributed by atoms with Crippen molar-refractivity contribution in [3.8, 4) is 22.9 Å². The van der Waals surface area contributed by atoms with Gasteiger partial charge in [0.25, 0.3) is 5.91 Å². The van der Waals surface area contributed by atoms with Gasteiger partial charge < -0.3 is 24.4 Å². The van der Waals surface area contributed by atoms with Crippen molar-refractivity contribution in [1.29, 1.82) is 0 Å². The highest BCUT2D eigenvalue weighted by molar-refractivity contribution is 6.03. The van der Waals surface area contributed by atoms with Crippen molar-refractivity contribution in [3.05, 3.63) is 88.6 Å². The Morgan fingerprint density at radius 3 is 2.42 bits per heavy atom. The number of ether oxygens (including phenoxy) is 3. The quantitative estimate of drug-likeness (QED) is 0.260. The van der Waals surface area contributed by atoms with E-state index in [2.05, 4.69) is 15.3 Å². The van der Waals surface area contributed by atoms with Crippen molar-refractivity contribution in [1.82, 2.24) is 14.9 Å². The number of amides is 2. The maximum Gasteiger partial charge on any atom is 0.414 e. The number of hydrogen-bond acceptors (Lipinski definition) is 8. The summed E-state index contributed by atoms with van der Waals surface area (Å²) in [5.74, 6) is -1.03. The van der Waals surface area contributed by atoms with E-state index in [1.807, 2.05) is 19.9 Å². The molecule has 45 heavy (non-hydrogen) atoms. The normalized spacial score (nSPS) is 14.7. The molecule has 2 amide bonds. The molecule has 0 saturated heterocycles. The van der Waals surface area contributed by atoms with Crippen LogP contribution in [-0.2, 0) is 24.2 Å². The van der Waals surface area contributed by atoms with Crippen molar-refractivity contribution in [2.45, 2.75) is 38.9 Å². The summed E-state index contributed by atoms with van der Waals surface area (Å²) >= 11 is 0. The van der Waals surface area contributed by atoms with Crippen LogP contribution < -0.4 is 19.7 Å². The molecule has 0 spiro atoms. The van der Waals surface area contributed by atoms with Gasteiger partial charge in [-0.05, 0) is 62.2 Å². The summed E-state index contributed by atoms with van der Waals surface area (Å²) < 4.78 is 45.7. The fourth-order valence-electron chi connectivity index (χ4n) is 5.93. The number of halogens is 2. The highest BCUT2D eigenvalue weighted by Crippen LogP contribution is 2.42. The lowest BCUT2D eigenvalue weighted by molar-refractivity contribution is 0.0765. The Kier molecular flexibility index (Phi) is 7.51.